The van der Waals surface area contributed by atoms with Gasteiger partial charge in [-0.2, -0.15) is 4.31 Å². The van der Waals surface area contributed by atoms with Crippen molar-refractivity contribution in [1.82, 2.24) is 4.31 Å². The Kier molecular flexibility index (Phi) is 7.26. The molecule has 0 bridgehead atoms. The van der Waals surface area contributed by atoms with E-state index in [-0.39, 0.29) is 28.7 Å². The Hall–Kier alpha value is -2.53. The molecule has 8 nitrogen and oxygen atoms in total. The van der Waals surface area contributed by atoms with Crippen LogP contribution in [0.15, 0.2) is 41.3 Å². The van der Waals surface area contributed by atoms with E-state index in [4.69, 9.17) is 21.1 Å². The van der Waals surface area contributed by atoms with E-state index in [1.54, 1.807) is 13.0 Å². The molecule has 1 amide bonds. The Bertz CT molecular complexity index is 1080. The maximum Gasteiger partial charge on any atom is 0.343 e. The number of nitrogens with zero attached hydrogens (tertiary/aromatic N) is 1. The second-order valence-corrected chi connectivity index (χ2v) is 9.03. The fourth-order valence-electron chi connectivity index (χ4n) is 2.97. The zero-order valence-electron chi connectivity index (χ0n) is 16.6. The highest BCUT2D eigenvalue weighted by atomic mass is 35.5. The second kappa shape index (κ2) is 9.73. The maximum absolute atomic E-state index is 13.8. The van der Waals surface area contributed by atoms with Crippen LogP contribution in [0.4, 0.5) is 10.1 Å². The van der Waals surface area contributed by atoms with Crippen LogP contribution >= 0.6 is 11.6 Å². The fourth-order valence-corrected chi connectivity index (χ4v) is 4.87. The molecule has 1 aliphatic heterocycles. The molecule has 1 N–H and O–H groups in total. The van der Waals surface area contributed by atoms with E-state index < -0.39 is 39.9 Å². The number of aryl methyl sites for hydroxylation is 1. The number of rotatable bonds is 6. The molecule has 2 aromatic rings. The van der Waals surface area contributed by atoms with E-state index >= 15 is 0 Å². The number of esters is 1. The molecule has 166 valence electrons. The lowest BCUT2D eigenvalue weighted by Crippen LogP contribution is -2.40. The van der Waals surface area contributed by atoms with Crippen LogP contribution in [-0.4, -0.2) is 57.5 Å². The normalized spacial score (nSPS) is 14.8. The highest BCUT2D eigenvalue weighted by Gasteiger charge is 2.28. The molecular weight excluding hydrogens is 451 g/mol. The number of hydrogen-bond donors (Lipinski definition) is 1. The molecule has 1 heterocycles. The third-order valence-electron chi connectivity index (χ3n) is 4.56. The Morgan fingerprint density at radius 3 is 2.61 bits per heavy atom. The highest BCUT2D eigenvalue weighted by molar-refractivity contribution is 7.89. The summed E-state index contributed by atoms with van der Waals surface area (Å²) in [5, 5.41) is 2.33. The first kappa shape index (κ1) is 23.1. The van der Waals surface area contributed by atoms with Crippen molar-refractivity contribution < 1.29 is 31.9 Å². The first-order valence-corrected chi connectivity index (χ1v) is 11.1. The topological polar surface area (TPSA) is 102 Å². The third kappa shape index (κ3) is 5.40. The molecular formula is C20H20ClFN2O6S. The third-order valence-corrected chi connectivity index (χ3v) is 6.92. The molecule has 3 rings (SSSR count). The van der Waals surface area contributed by atoms with Gasteiger partial charge in [0.1, 0.15) is 11.4 Å². The van der Waals surface area contributed by atoms with E-state index in [2.05, 4.69) is 5.32 Å². The van der Waals surface area contributed by atoms with Crippen molar-refractivity contribution in [1.29, 1.82) is 0 Å². The average Bonchev–Trinajstić information content (AvgIpc) is 2.74. The van der Waals surface area contributed by atoms with E-state index in [1.165, 1.54) is 28.6 Å². The average molecular weight is 471 g/mol. The van der Waals surface area contributed by atoms with E-state index in [0.29, 0.717) is 18.8 Å². The van der Waals surface area contributed by atoms with Gasteiger partial charge < -0.3 is 14.8 Å². The lowest BCUT2D eigenvalue weighted by Gasteiger charge is -2.26. The van der Waals surface area contributed by atoms with Crippen molar-refractivity contribution in [3.8, 4) is 0 Å². The van der Waals surface area contributed by atoms with Crippen LogP contribution in [0.25, 0.3) is 0 Å². The van der Waals surface area contributed by atoms with Gasteiger partial charge in [0.25, 0.3) is 5.91 Å². The van der Waals surface area contributed by atoms with Gasteiger partial charge in [-0.25, -0.2) is 17.6 Å². The van der Waals surface area contributed by atoms with Crippen LogP contribution in [0, 0.1) is 12.7 Å². The molecule has 31 heavy (non-hydrogen) atoms. The lowest BCUT2D eigenvalue weighted by molar-refractivity contribution is -0.119. The van der Waals surface area contributed by atoms with Crippen molar-refractivity contribution in [2.45, 2.75) is 11.8 Å². The van der Waals surface area contributed by atoms with Gasteiger partial charge in [0.15, 0.2) is 6.61 Å². The van der Waals surface area contributed by atoms with Crippen LogP contribution in [0.5, 0.6) is 0 Å². The number of carbonyl (C=O) groups is 2. The van der Waals surface area contributed by atoms with Gasteiger partial charge in [-0.15, -0.1) is 0 Å². The maximum atomic E-state index is 13.8. The fraction of sp³-hybridized carbons (Fsp3) is 0.300. The van der Waals surface area contributed by atoms with Gasteiger partial charge in [0.2, 0.25) is 10.0 Å². The number of halogens is 2. The largest absolute Gasteiger partial charge is 0.452 e. The number of morpholine rings is 1. The highest BCUT2D eigenvalue weighted by Crippen LogP contribution is 2.24. The molecule has 11 heteroatoms. The Balaban J connectivity index is 1.68. The van der Waals surface area contributed by atoms with Gasteiger partial charge in [0, 0.05) is 18.8 Å². The number of amides is 1. The standard InChI is InChI=1S/C20H20ClFN2O6S/c1-13-5-6-14(11-17(13)31(27,28)24-7-9-29-10-8-24)23-18(25)12-30-20(26)19-15(21)3-2-4-16(19)22/h2-6,11H,7-10,12H2,1H3,(H,23,25). The molecule has 1 fully saturated rings. The predicted octanol–water partition coefficient (Wildman–Crippen LogP) is 2.60. The van der Waals surface area contributed by atoms with E-state index in [1.807, 2.05) is 0 Å². The molecule has 0 radical (unpaired) electrons. The summed E-state index contributed by atoms with van der Waals surface area (Å²) in [6.45, 7) is 2.06. The van der Waals surface area contributed by atoms with Gasteiger partial charge in [-0.3, -0.25) is 4.79 Å². The van der Waals surface area contributed by atoms with Crippen molar-refractivity contribution in [3.63, 3.8) is 0 Å². The summed E-state index contributed by atoms with van der Waals surface area (Å²) in [5.41, 5.74) is 0.263. The summed E-state index contributed by atoms with van der Waals surface area (Å²) in [7, 11) is -3.76. The summed E-state index contributed by atoms with van der Waals surface area (Å²) in [5.74, 6) is -2.67. The molecule has 0 saturated carbocycles. The van der Waals surface area contributed by atoms with Crippen molar-refractivity contribution in [2.24, 2.45) is 0 Å². The molecule has 0 atom stereocenters. The number of benzene rings is 2. The van der Waals surface area contributed by atoms with Crippen LogP contribution in [0.1, 0.15) is 15.9 Å². The van der Waals surface area contributed by atoms with Crippen molar-refractivity contribution in [2.75, 3.05) is 38.2 Å². The number of nitrogens with one attached hydrogen (secondary N) is 1. The minimum absolute atomic E-state index is 0.0577. The van der Waals surface area contributed by atoms with Crippen LogP contribution in [0.2, 0.25) is 5.02 Å². The Labute approximate surface area is 183 Å². The second-order valence-electron chi connectivity index (χ2n) is 6.72. The number of anilines is 1. The smallest absolute Gasteiger partial charge is 0.343 e. The van der Waals surface area contributed by atoms with Crippen molar-refractivity contribution in [3.05, 3.63) is 58.4 Å². The van der Waals surface area contributed by atoms with Gasteiger partial charge in [0.05, 0.1) is 23.1 Å². The predicted molar refractivity (Wildman–Crippen MR) is 111 cm³/mol. The minimum Gasteiger partial charge on any atom is -0.452 e. The molecule has 0 spiro atoms. The van der Waals surface area contributed by atoms with Crippen molar-refractivity contribution >= 4 is 39.2 Å². The molecule has 0 aliphatic carbocycles. The van der Waals surface area contributed by atoms with Crippen LogP contribution in [0.3, 0.4) is 0 Å². The summed E-state index contributed by atoms with van der Waals surface area (Å²) in [6, 6.07) is 8.14. The lowest BCUT2D eigenvalue weighted by atomic mass is 10.2. The summed E-state index contributed by atoms with van der Waals surface area (Å²) in [6.07, 6.45) is 0. The molecule has 1 aliphatic rings. The number of ether oxygens (including phenoxy) is 2. The van der Waals surface area contributed by atoms with Crippen LogP contribution < -0.4 is 5.32 Å². The quantitative estimate of drug-likeness (QED) is 0.651. The Morgan fingerprint density at radius 2 is 1.94 bits per heavy atom. The minimum atomic E-state index is -3.76. The monoisotopic (exact) mass is 470 g/mol. The van der Waals surface area contributed by atoms with E-state index in [9.17, 15) is 22.4 Å². The zero-order valence-corrected chi connectivity index (χ0v) is 18.1. The number of carbonyl (C=O) groups excluding carboxylic acids is 2. The van der Waals surface area contributed by atoms with Crippen LogP contribution in [-0.2, 0) is 24.3 Å². The number of hydrogen-bond acceptors (Lipinski definition) is 6. The molecule has 2 aromatic carbocycles. The Morgan fingerprint density at radius 1 is 1.23 bits per heavy atom. The van der Waals surface area contributed by atoms with E-state index in [0.717, 1.165) is 6.07 Å². The van der Waals surface area contributed by atoms with Gasteiger partial charge in [-0.1, -0.05) is 23.7 Å². The first-order valence-electron chi connectivity index (χ1n) is 9.29. The summed E-state index contributed by atoms with van der Waals surface area (Å²) in [4.78, 5) is 24.3. The molecule has 0 aromatic heterocycles. The molecule has 0 unspecified atom stereocenters. The zero-order chi connectivity index (χ0) is 22.6. The first-order chi connectivity index (χ1) is 14.7. The summed E-state index contributed by atoms with van der Waals surface area (Å²) >= 11 is 5.80. The number of sulfonamides is 1. The SMILES string of the molecule is Cc1ccc(NC(=O)COC(=O)c2c(F)cccc2Cl)cc1S(=O)(=O)N1CCOCC1. The molecule has 1 saturated heterocycles. The van der Waals surface area contributed by atoms with Gasteiger partial charge >= 0.3 is 5.97 Å². The summed E-state index contributed by atoms with van der Waals surface area (Å²) < 4.78 is 51.0. The van der Waals surface area contributed by atoms with Gasteiger partial charge in [-0.05, 0) is 36.8 Å².